The van der Waals surface area contributed by atoms with Crippen molar-refractivity contribution in [3.05, 3.63) is 33.8 Å². The number of unbranched alkanes of at least 4 members (excludes halogenated alkanes) is 1. The number of esters is 1. The molecule has 0 amide bonds. The maximum Gasteiger partial charge on any atom is 0.310 e. The number of carbonyl (C=O) groups is 1. The molecule has 1 aromatic carbocycles. The SMILES string of the molecule is CCCCOC(=O)Cc1c(Cl)cccc1Cl. The van der Waals surface area contributed by atoms with Crippen LogP contribution in [-0.2, 0) is 16.0 Å². The molecule has 1 rings (SSSR count). The van der Waals surface area contributed by atoms with Gasteiger partial charge in [-0.3, -0.25) is 4.79 Å². The molecule has 0 aliphatic heterocycles. The van der Waals surface area contributed by atoms with E-state index in [4.69, 9.17) is 27.9 Å². The molecular formula is C12H14Cl2O2. The highest BCUT2D eigenvalue weighted by atomic mass is 35.5. The Bertz CT molecular complexity index is 344. The molecule has 0 bridgehead atoms. The van der Waals surface area contributed by atoms with Crippen molar-refractivity contribution in [2.24, 2.45) is 0 Å². The molecule has 0 radical (unpaired) electrons. The topological polar surface area (TPSA) is 26.3 Å². The van der Waals surface area contributed by atoms with Crippen LogP contribution in [-0.4, -0.2) is 12.6 Å². The van der Waals surface area contributed by atoms with E-state index in [1.807, 2.05) is 6.92 Å². The summed E-state index contributed by atoms with van der Waals surface area (Å²) < 4.78 is 5.04. The van der Waals surface area contributed by atoms with Crippen LogP contribution in [0.2, 0.25) is 10.0 Å². The fourth-order valence-electron chi connectivity index (χ4n) is 1.23. The highest BCUT2D eigenvalue weighted by Crippen LogP contribution is 2.24. The highest BCUT2D eigenvalue weighted by Gasteiger charge is 2.11. The first-order valence-electron chi connectivity index (χ1n) is 5.23. The van der Waals surface area contributed by atoms with Gasteiger partial charge in [-0.1, -0.05) is 42.6 Å². The molecule has 0 spiro atoms. The van der Waals surface area contributed by atoms with Gasteiger partial charge in [0.1, 0.15) is 0 Å². The fourth-order valence-corrected chi connectivity index (χ4v) is 1.76. The van der Waals surface area contributed by atoms with Crippen LogP contribution in [0.15, 0.2) is 18.2 Å². The highest BCUT2D eigenvalue weighted by molar-refractivity contribution is 6.36. The summed E-state index contributed by atoms with van der Waals surface area (Å²) in [5, 5.41) is 1.000. The van der Waals surface area contributed by atoms with E-state index in [-0.39, 0.29) is 12.4 Å². The lowest BCUT2D eigenvalue weighted by Gasteiger charge is -2.07. The summed E-state index contributed by atoms with van der Waals surface area (Å²) >= 11 is 11.9. The van der Waals surface area contributed by atoms with E-state index in [1.54, 1.807) is 18.2 Å². The van der Waals surface area contributed by atoms with E-state index in [1.165, 1.54) is 0 Å². The van der Waals surface area contributed by atoms with Crippen molar-refractivity contribution in [2.45, 2.75) is 26.2 Å². The van der Waals surface area contributed by atoms with Crippen molar-refractivity contribution in [2.75, 3.05) is 6.61 Å². The first kappa shape index (κ1) is 13.3. The first-order chi connectivity index (χ1) is 7.65. The van der Waals surface area contributed by atoms with Crippen LogP contribution in [0, 0.1) is 0 Å². The molecule has 0 fully saturated rings. The second-order valence-electron chi connectivity index (χ2n) is 3.45. The Balaban J connectivity index is 2.56. The van der Waals surface area contributed by atoms with Gasteiger partial charge < -0.3 is 4.74 Å². The second kappa shape index (κ2) is 6.77. The van der Waals surface area contributed by atoms with Crippen LogP contribution < -0.4 is 0 Å². The lowest BCUT2D eigenvalue weighted by molar-refractivity contribution is -0.142. The zero-order valence-electron chi connectivity index (χ0n) is 9.13. The van der Waals surface area contributed by atoms with Crippen molar-refractivity contribution in [3.63, 3.8) is 0 Å². The minimum absolute atomic E-state index is 0.127. The molecule has 0 aromatic heterocycles. The van der Waals surface area contributed by atoms with Gasteiger partial charge in [-0.15, -0.1) is 0 Å². The Labute approximate surface area is 106 Å². The maximum absolute atomic E-state index is 11.5. The van der Waals surface area contributed by atoms with Crippen LogP contribution >= 0.6 is 23.2 Å². The number of hydrogen-bond acceptors (Lipinski definition) is 2. The molecule has 0 saturated carbocycles. The van der Waals surface area contributed by atoms with E-state index in [0.717, 1.165) is 12.8 Å². The predicted octanol–water partition coefficient (Wildman–Crippen LogP) is 3.88. The number of rotatable bonds is 5. The third-order valence-electron chi connectivity index (χ3n) is 2.14. The van der Waals surface area contributed by atoms with E-state index >= 15 is 0 Å². The van der Waals surface area contributed by atoms with Gasteiger partial charge in [0.2, 0.25) is 0 Å². The maximum atomic E-state index is 11.5. The largest absolute Gasteiger partial charge is 0.465 e. The standard InChI is InChI=1S/C12H14Cl2O2/c1-2-3-7-16-12(15)8-9-10(13)5-4-6-11(9)14/h4-6H,2-3,7-8H2,1H3. The van der Waals surface area contributed by atoms with Gasteiger partial charge in [0.05, 0.1) is 13.0 Å². The molecule has 4 heteroatoms. The molecule has 16 heavy (non-hydrogen) atoms. The van der Waals surface area contributed by atoms with Gasteiger partial charge in [0.25, 0.3) is 0 Å². The number of ether oxygens (including phenoxy) is 1. The quantitative estimate of drug-likeness (QED) is 0.594. The first-order valence-corrected chi connectivity index (χ1v) is 5.99. The van der Waals surface area contributed by atoms with Crippen molar-refractivity contribution in [1.29, 1.82) is 0 Å². The Hall–Kier alpha value is -0.730. The zero-order valence-corrected chi connectivity index (χ0v) is 10.6. The molecule has 88 valence electrons. The molecule has 1 aromatic rings. The van der Waals surface area contributed by atoms with Gasteiger partial charge in [0, 0.05) is 15.6 Å². The van der Waals surface area contributed by atoms with Gasteiger partial charge in [0.15, 0.2) is 0 Å². The van der Waals surface area contributed by atoms with E-state index < -0.39 is 0 Å². The van der Waals surface area contributed by atoms with Crippen molar-refractivity contribution < 1.29 is 9.53 Å². The minimum atomic E-state index is -0.288. The van der Waals surface area contributed by atoms with Crippen LogP contribution in [0.1, 0.15) is 25.3 Å². The Morgan fingerprint density at radius 1 is 1.31 bits per heavy atom. The third kappa shape index (κ3) is 4.03. The number of carbonyl (C=O) groups excluding carboxylic acids is 1. The molecule has 0 atom stereocenters. The van der Waals surface area contributed by atoms with Crippen molar-refractivity contribution in [3.8, 4) is 0 Å². The monoisotopic (exact) mass is 260 g/mol. The third-order valence-corrected chi connectivity index (χ3v) is 2.85. The van der Waals surface area contributed by atoms with E-state index in [2.05, 4.69) is 0 Å². The van der Waals surface area contributed by atoms with Gasteiger partial charge in [-0.25, -0.2) is 0 Å². The van der Waals surface area contributed by atoms with Crippen molar-refractivity contribution >= 4 is 29.2 Å². The summed E-state index contributed by atoms with van der Waals surface area (Å²) in [5.41, 5.74) is 0.632. The van der Waals surface area contributed by atoms with Crippen molar-refractivity contribution in [1.82, 2.24) is 0 Å². The molecule has 0 unspecified atom stereocenters. The summed E-state index contributed by atoms with van der Waals surface area (Å²) in [4.78, 5) is 11.5. The van der Waals surface area contributed by atoms with Crippen LogP contribution in [0.3, 0.4) is 0 Å². The number of hydrogen-bond donors (Lipinski definition) is 0. The fraction of sp³-hybridized carbons (Fsp3) is 0.417. The van der Waals surface area contributed by atoms with Crippen LogP contribution in [0.25, 0.3) is 0 Å². The Morgan fingerprint density at radius 3 is 2.50 bits per heavy atom. The molecule has 0 heterocycles. The lowest BCUT2D eigenvalue weighted by Crippen LogP contribution is -2.09. The van der Waals surface area contributed by atoms with Crippen LogP contribution in [0.4, 0.5) is 0 Å². The summed E-state index contributed by atoms with van der Waals surface area (Å²) in [6, 6.07) is 5.17. The van der Waals surface area contributed by atoms with E-state index in [0.29, 0.717) is 22.2 Å². The molecule has 0 aliphatic rings. The summed E-state index contributed by atoms with van der Waals surface area (Å²) in [7, 11) is 0. The van der Waals surface area contributed by atoms with E-state index in [9.17, 15) is 4.79 Å². The summed E-state index contributed by atoms with van der Waals surface area (Å²) in [5.74, 6) is -0.288. The van der Waals surface area contributed by atoms with Gasteiger partial charge in [-0.2, -0.15) is 0 Å². The number of halogens is 2. The summed E-state index contributed by atoms with van der Waals surface area (Å²) in [6.07, 6.45) is 2.00. The molecule has 2 nitrogen and oxygen atoms in total. The predicted molar refractivity (Wildman–Crippen MR) is 66.0 cm³/mol. The van der Waals surface area contributed by atoms with Gasteiger partial charge in [-0.05, 0) is 18.6 Å². The Kier molecular flexibility index (Phi) is 5.64. The average molecular weight is 261 g/mol. The minimum Gasteiger partial charge on any atom is -0.465 e. The second-order valence-corrected chi connectivity index (χ2v) is 4.27. The molecule has 0 aliphatic carbocycles. The summed E-state index contributed by atoms with van der Waals surface area (Å²) in [6.45, 7) is 2.50. The normalized spacial score (nSPS) is 10.2. The molecule has 0 N–H and O–H groups in total. The zero-order chi connectivity index (χ0) is 12.0. The average Bonchev–Trinajstić information content (AvgIpc) is 2.24. The number of benzene rings is 1. The van der Waals surface area contributed by atoms with Gasteiger partial charge >= 0.3 is 5.97 Å². The smallest absolute Gasteiger partial charge is 0.310 e. The molecular weight excluding hydrogens is 247 g/mol. The lowest BCUT2D eigenvalue weighted by atomic mass is 10.1. The molecule has 0 saturated heterocycles. The van der Waals surface area contributed by atoms with Crippen LogP contribution in [0.5, 0.6) is 0 Å². The Morgan fingerprint density at radius 2 is 1.94 bits per heavy atom.